The minimum atomic E-state index is 0.567. The maximum atomic E-state index is 6.15. The van der Waals surface area contributed by atoms with Gasteiger partial charge in [-0.2, -0.15) is 0 Å². The third-order valence-electron chi connectivity index (χ3n) is 3.37. The van der Waals surface area contributed by atoms with Crippen LogP contribution in [0.3, 0.4) is 0 Å². The molecule has 1 atom stereocenters. The van der Waals surface area contributed by atoms with Crippen molar-refractivity contribution in [2.24, 2.45) is 5.92 Å². The van der Waals surface area contributed by atoms with Gasteiger partial charge in [0, 0.05) is 19.1 Å². The molecule has 1 unspecified atom stereocenters. The molecule has 0 bridgehead atoms. The molecule has 2 nitrogen and oxygen atoms in total. The van der Waals surface area contributed by atoms with E-state index >= 15 is 0 Å². The number of nitrogens with one attached hydrogen (secondary N) is 1. The second-order valence-corrected chi connectivity index (χ2v) is 6.44. The fraction of sp³-hybridized carbons (Fsp3) is 0.571. The van der Waals surface area contributed by atoms with Crippen LogP contribution in [0.4, 0.5) is 5.69 Å². The first kappa shape index (κ1) is 14.2. The predicted octanol–water partition coefficient (Wildman–Crippen LogP) is 3.93. The summed E-state index contributed by atoms with van der Waals surface area (Å²) in [4.78, 5) is 2.42. The quantitative estimate of drug-likeness (QED) is 0.899. The molecule has 1 aromatic rings. The lowest BCUT2D eigenvalue weighted by atomic mass is 10.1. The smallest absolute Gasteiger partial charge is 0.0595 e. The molecule has 100 valence electrons. The highest BCUT2D eigenvalue weighted by atomic mass is 79.9. The molecule has 1 N–H and O–H groups in total. The molecule has 0 amide bonds. The Morgan fingerprint density at radius 2 is 2.28 bits per heavy atom. The zero-order chi connectivity index (χ0) is 13.1. The van der Waals surface area contributed by atoms with Crippen LogP contribution in [0.25, 0.3) is 0 Å². The van der Waals surface area contributed by atoms with Crippen molar-refractivity contribution in [3.8, 4) is 0 Å². The van der Waals surface area contributed by atoms with E-state index in [1.165, 1.54) is 12.1 Å². The molecular formula is C14H20BrClN2. The fourth-order valence-corrected chi connectivity index (χ4v) is 3.04. The minimum absolute atomic E-state index is 0.567. The topological polar surface area (TPSA) is 15.3 Å². The van der Waals surface area contributed by atoms with Gasteiger partial charge in [0.05, 0.1) is 15.2 Å². The molecule has 0 aliphatic carbocycles. The second kappa shape index (κ2) is 6.27. The first-order valence-electron chi connectivity index (χ1n) is 6.50. The summed E-state index contributed by atoms with van der Waals surface area (Å²) in [6.07, 6.45) is 1.25. The van der Waals surface area contributed by atoms with Crippen LogP contribution in [-0.4, -0.2) is 25.7 Å². The molecule has 1 aromatic carbocycles. The molecule has 1 saturated heterocycles. The van der Waals surface area contributed by atoms with Gasteiger partial charge in [0.15, 0.2) is 0 Å². The van der Waals surface area contributed by atoms with Crippen molar-refractivity contribution >= 4 is 33.2 Å². The Balaban J connectivity index is 1.98. The normalized spacial score (nSPS) is 19.8. The van der Waals surface area contributed by atoms with Crippen LogP contribution in [0.2, 0.25) is 5.02 Å². The monoisotopic (exact) mass is 330 g/mol. The van der Waals surface area contributed by atoms with E-state index in [1.807, 2.05) is 12.1 Å². The van der Waals surface area contributed by atoms with E-state index in [-0.39, 0.29) is 0 Å². The summed E-state index contributed by atoms with van der Waals surface area (Å²) in [5, 5.41) is 4.31. The summed E-state index contributed by atoms with van der Waals surface area (Å²) < 4.78 is 1.02. The van der Waals surface area contributed by atoms with Gasteiger partial charge in [0.25, 0.3) is 0 Å². The lowest BCUT2D eigenvalue weighted by Crippen LogP contribution is -2.30. The Labute approximate surface area is 123 Å². The van der Waals surface area contributed by atoms with Gasteiger partial charge in [0.1, 0.15) is 0 Å². The number of rotatable bonds is 4. The van der Waals surface area contributed by atoms with Crippen molar-refractivity contribution in [3.05, 3.63) is 27.7 Å². The molecule has 0 aromatic heterocycles. The molecule has 0 saturated carbocycles. The third-order valence-corrected chi connectivity index (χ3v) is 4.75. The molecular weight excluding hydrogens is 312 g/mol. The second-order valence-electron chi connectivity index (χ2n) is 5.24. The van der Waals surface area contributed by atoms with Crippen molar-refractivity contribution in [3.63, 3.8) is 0 Å². The van der Waals surface area contributed by atoms with E-state index in [9.17, 15) is 0 Å². The molecule has 1 aliphatic rings. The number of hydrogen-bond donors (Lipinski definition) is 1. The first-order valence-corrected chi connectivity index (χ1v) is 7.67. The molecule has 4 heteroatoms. The maximum absolute atomic E-state index is 6.15. The number of benzene rings is 1. The van der Waals surface area contributed by atoms with E-state index in [0.29, 0.717) is 6.04 Å². The highest BCUT2D eigenvalue weighted by Gasteiger charge is 2.24. The summed E-state index contributed by atoms with van der Waals surface area (Å²) in [6, 6.07) is 6.64. The molecule has 2 rings (SSSR count). The molecule has 0 radical (unpaired) electrons. The maximum Gasteiger partial charge on any atom is 0.0595 e. The number of halogens is 2. The van der Waals surface area contributed by atoms with E-state index in [2.05, 4.69) is 46.1 Å². The lowest BCUT2D eigenvalue weighted by molar-refractivity contribution is 0.480. The third kappa shape index (κ3) is 3.40. The number of hydrogen-bond acceptors (Lipinski definition) is 2. The summed E-state index contributed by atoms with van der Waals surface area (Å²) in [5.41, 5.74) is 1.22. The molecule has 1 aliphatic heterocycles. The zero-order valence-electron chi connectivity index (χ0n) is 10.9. The molecule has 0 spiro atoms. The fourth-order valence-electron chi connectivity index (χ4n) is 2.36. The standard InChI is InChI=1S/C14H20BrClN2/c1-10(2)17-8-11-6-7-18(9-11)13-5-3-4-12(16)14(13)15/h3-5,10-11,17H,6-9H2,1-2H3. The van der Waals surface area contributed by atoms with Gasteiger partial charge < -0.3 is 10.2 Å². The van der Waals surface area contributed by atoms with Gasteiger partial charge in [-0.1, -0.05) is 31.5 Å². The molecule has 1 heterocycles. The highest BCUT2D eigenvalue weighted by molar-refractivity contribution is 9.10. The van der Waals surface area contributed by atoms with E-state index in [4.69, 9.17) is 11.6 Å². The van der Waals surface area contributed by atoms with E-state index in [0.717, 1.165) is 35.0 Å². The van der Waals surface area contributed by atoms with Crippen LogP contribution in [0, 0.1) is 5.92 Å². The SMILES string of the molecule is CC(C)NCC1CCN(c2cccc(Cl)c2Br)C1. The Hall–Kier alpha value is -0.250. The van der Waals surface area contributed by atoms with Gasteiger partial charge in [-0.25, -0.2) is 0 Å². The van der Waals surface area contributed by atoms with Crippen molar-refractivity contribution < 1.29 is 0 Å². The summed E-state index contributed by atoms with van der Waals surface area (Å²) >= 11 is 9.73. The highest BCUT2D eigenvalue weighted by Crippen LogP contribution is 2.35. The summed E-state index contributed by atoms with van der Waals surface area (Å²) in [5.74, 6) is 0.735. The summed E-state index contributed by atoms with van der Waals surface area (Å²) in [7, 11) is 0. The average Bonchev–Trinajstić information content (AvgIpc) is 2.78. The van der Waals surface area contributed by atoms with Crippen LogP contribution < -0.4 is 10.2 Å². The molecule has 18 heavy (non-hydrogen) atoms. The van der Waals surface area contributed by atoms with Crippen LogP contribution in [0.15, 0.2) is 22.7 Å². The predicted molar refractivity (Wildman–Crippen MR) is 82.6 cm³/mol. The Bertz CT molecular complexity index is 409. The number of nitrogens with zero attached hydrogens (tertiary/aromatic N) is 1. The van der Waals surface area contributed by atoms with Gasteiger partial charge >= 0.3 is 0 Å². The van der Waals surface area contributed by atoms with E-state index in [1.54, 1.807) is 0 Å². The van der Waals surface area contributed by atoms with Gasteiger partial charge in [-0.05, 0) is 46.9 Å². The van der Waals surface area contributed by atoms with Crippen LogP contribution in [0.5, 0.6) is 0 Å². The van der Waals surface area contributed by atoms with E-state index < -0.39 is 0 Å². The van der Waals surface area contributed by atoms with Gasteiger partial charge in [-0.15, -0.1) is 0 Å². The Morgan fingerprint density at radius 1 is 1.50 bits per heavy atom. The van der Waals surface area contributed by atoms with Crippen LogP contribution in [0.1, 0.15) is 20.3 Å². The van der Waals surface area contributed by atoms with Crippen molar-refractivity contribution in [2.45, 2.75) is 26.3 Å². The molecule has 1 fully saturated rings. The van der Waals surface area contributed by atoms with Crippen molar-refractivity contribution in [1.29, 1.82) is 0 Å². The minimum Gasteiger partial charge on any atom is -0.370 e. The van der Waals surface area contributed by atoms with Crippen molar-refractivity contribution in [1.82, 2.24) is 5.32 Å². The van der Waals surface area contributed by atoms with Crippen LogP contribution in [-0.2, 0) is 0 Å². The zero-order valence-corrected chi connectivity index (χ0v) is 13.3. The van der Waals surface area contributed by atoms with Crippen molar-refractivity contribution in [2.75, 3.05) is 24.5 Å². The Morgan fingerprint density at radius 3 is 3.00 bits per heavy atom. The lowest BCUT2D eigenvalue weighted by Gasteiger charge is -2.21. The first-order chi connectivity index (χ1) is 8.58. The Kier molecular flexibility index (Phi) is 4.93. The largest absolute Gasteiger partial charge is 0.370 e. The van der Waals surface area contributed by atoms with Gasteiger partial charge in [0.2, 0.25) is 0 Å². The average molecular weight is 332 g/mol. The van der Waals surface area contributed by atoms with Crippen LogP contribution >= 0.6 is 27.5 Å². The summed E-state index contributed by atoms with van der Waals surface area (Å²) in [6.45, 7) is 7.72. The number of anilines is 1. The van der Waals surface area contributed by atoms with Gasteiger partial charge in [-0.3, -0.25) is 0 Å².